The summed E-state index contributed by atoms with van der Waals surface area (Å²) in [7, 11) is 0. The number of aromatic nitrogens is 1. The topological polar surface area (TPSA) is 74.6 Å². The molecule has 0 aliphatic rings. The third-order valence-corrected chi connectivity index (χ3v) is 3.11. The van der Waals surface area contributed by atoms with Crippen LogP contribution in [-0.4, -0.2) is 21.8 Å². The second-order valence-corrected chi connectivity index (χ2v) is 4.85. The maximum Gasteiger partial charge on any atom is 0.303 e. The number of para-hydroxylation sites is 1. The molecule has 2 rings (SSSR count). The molecule has 2 N–H and O–H groups in total. The van der Waals surface area contributed by atoms with Gasteiger partial charge in [0.15, 0.2) is 0 Å². The Kier molecular flexibility index (Phi) is 6.11. The van der Waals surface area contributed by atoms with Gasteiger partial charge in [0.25, 0.3) is 0 Å². The first-order chi connectivity index (χ1) is 10.8. The number of rotatable bonds is 8. The normalized spacial score (nSPS) is 11.2. The van der Waals surface area contributed by atoms with E-state index >= 15 is 0 Å². The van der Waals surface area contributed by atoms with E-state index in [-0.39, 0.29) is 6.42 Å². The first-order valence-electron chi connectivity index (χ1n) is 7.26. The summed E-state index contributed by atoms with van der Waals surface area (Å²) in [5, 5.41) is 13.1. The molecule has 1 aromatic carbocycles. The lowest BCUT2D eigenvalue weighted by Gasteiger charge is -2.07. The second kappa shape index (κ2) is 8.56. The van der Waals surface area contributed by atoms with Crippen LogP contribution in [0.5, 0.6) is 0 Å². The molecule has 0 aliphatic carbocycles. The molecule has 2 aromatic rings. The number of hydrogen-bond acceptors (Lipinski definition) is 4. The van der Waals surface area contributed by atoms with Gasteiger partial charge in [0.2, 0.25) is 0 Å². The van der Waals surface area contributed by atoms with Crippen molar-refractivity contribution in [3.8, 4) is 0 Å². The van der Waals surface area contributed by atoms with Gasteiger partial charge in [0.05, 0.1) is 17.1 Å². The largest absolute Gasteiger partial charge is 0.481 e. The molecular weight excluding hydrogens is 278 g/mol. The number of carbonyl (C=O) groups is 1. The summed E-state index contributed by atoms with van der Waals surface area (Å²) in [5.74, 6) is -0.765. The molecule has 0 saturated carbocycles. The first kappa shape index (κ1) is 15.7. The van der Waals surface area contributed by atoms with Gasteiger partial charge in [-0.25, -0.2) is 0 Å². The fraction of sp³-hybridized carbons (Fsp3) is 0.235. The van der Waals surface area contributed by atoms with Gasteiger partial charge in [-0.3, -0.25) is 15.2 Å². The second-order valence-electron chi connectivity index (χ2n) is 4.85. The van der Waals surface area contributed by atoms with Crippen molar-refractivity contribution in [1.29, 1.82) is 0 Å². The molecule has 5 nitrogen and oxygen atoms in total. The Bertz CT molecular complexity index is 612. The lowest BCUT2D eigenvalue weighted by molar-refractivity contribution is -0.137. The number of nitrogens with one attached hydrogen (secondary N) is 1. The van der Waals surface area contributed by atoms with Gasteiger partial charge in [-0.15, -0.1) is 0 Å². The molecule has 0 aliphatic heterocycles. The molecule has 0 amide bonds. The minimum atomic E-state index is -0.765. The summed E-state index contributed by atoms with van der Waals surface area (Å²) in [6.45, 7) is 0. The van der Waals surface area contributed by atoms with Crippen LogP contribution in [0.15, 0.2) is 59.8 Å². The van der Waals surface area contributed by atoms with E-state index < -0.39 is 5.97 Å². The minimum absolute atomic E-state index is 0.182. The van der Waals surface area contributed by atoms with E-state index in [2.05, 4.69) is 15.5 Å². The molecule has 0 saturated heterocycles. The fourth-order valence-corrected chi connectivity index (χ4v) is 1.99. The van der Waals surface area contributed by atoms with Gasteiger partial charge in [0, 0.05) is 12.6 Å². The number of nitrogens with zero attached hydrogens (tertiary/aromatic N) is 2. The molecule has 114 valence electrons. The van der Waals surface area contributed by atoms with Crippen molar-refractivity contribution in [1.82, 2.24) is 4.98 Å². The predicted octanol–water partition coefficient (Wildman–Crippen LogP) is 3.54. The van der Waals surface area contributed by atoms with Gasteiger partial charge >= 0.3 is 5.97 Å². The van der Waals surface area contributed by atoms with Gasteiger partial charge in [-0.1, -0.05) is 24.3 Å². The van der Waals surface area contributed by atoms with Crippen LogP contribution >= 0.6 is 0 Å². The molecule has 0 fully saturated rings. The quantitative estimate of drug-likeness (QED) is 0.444. The number of benzene rings is 1. The summed E-state index contributed by atoms with van der Waals surface area (Å²) >= 11 is 0. The van der Waals surface area contributed by atoms with Gasteiger partial charge in [-0.05, 0) is 43.5 Å². The van der Waals surface area contributed by atoms with Crippen molar-refractivity contribution >= 4 is 17.4 Å². The molecule has 0 unspecified atom stereocenters. The Balaban J connectivity index is 2.03. The number of carboxylic acids is 1. The molecule has 0 atom stereocenters. The molecule has 0 bridgehead atoms. The zero-order chi connectivity index (χ0) is 15.6. The lowest BCUT2D eigenvalue weighted by atomic mass is 10.1. The molecule has 1 heterocycles. The number of hydrogen-bond donors (Lipinski definition) is 2. The number of anilines is 1. The van der Waals surface area contributed by atoms with Crippen molar-refractivity contribution < 1.29 is 9.90 Å². The molecule has 22 heavy (non-hydrogen) atoms. The highest BCUT2D eigenvalue weighted by atomic mass is 16.4. The summed E-state index contributed by atoms with van der Waals surface area (Å²) in [6, 6.07) is 15.4. The summed E-state index contributed by atoms with van der Waals surface area (Å²) < 4.78 is 0. The number of hydrazone groups is 1. The van der Waals surface area contributed by atoms with Crippen LogP contribution in [0.4, 0.5) is 5.69 Å². The van der Waals surface area contributed by atoms with Gasteiger partial charge in [0.1, 0.15) is 0 Å². The van der Waals surface area contributed by atoms with E-state index in [0.717, 1.165) is 23.5 Å². The van der Waals surface area contributed by atoms with Crippen LogP contribution in [-0.2, 0) is 4.79 Å². The van der Waals surface area contributed by atoms with Crippen molar-refractivity contribution in [2.75, 3.05) is 5.43 Å². The fourth-order valence-electron chi connectivity index (χ4n) is 1.99. The minimum Gasteiger partial charge on any atom is -0.481 e. The summed E-state index contributed by atoms with van der Waals surface area (Å²) in [6.07, 6.45) is 3.99. The average Bonchev–Trinajstić information content (AvgIpc) is 2.55. The molecule has 1 aromatic heterocycles. The van der Waals surface area contributed by atoms with Crippen LogP contribution in [0, 0.1) is 0 Å². The lowest BCUT2D eigenvalue weighted by Crippen LogP contribution is -2.07. The number of carboxylic acid groups (broad SMARTS) is 1. The maximum absolute atomic E-state index is 10.6. The number of unbranched alkanes of at least 4 members (excludes halogenated alkanes) is 1. The van der Waals surface area contributed by atoms with Crippen molar-refractivity contribution in [2.45, 2.75) is 25.7 Å². The van der Waals surface area contributed by atoms with Gasteiger partial charge in [-0.2, -0.15) is 5.10 Å². The molecule has 5 heteroatoms. The van der Waals surface area contributed by atoms with Crippen LogP contribution in [0.3, 0.4) is 0 Å². The Labute approximate surface area is 129 Å². The average molecular weight is 297 g/mol. The van der Waals surface area contributed by atoms with E-state index in [9.17, 15) is 4.79 Å². The zero-order valence-corrected chi connectivity index (χ0v) is 12.3. The van der Waals surface area contributed by atoms with E-state index in [1.54, 1.807) is 6.20 Å². The summed E-state index contributed by atoms with van der Waals surface area (Å²) in [4.78, 5) is 14.9. The first-order valence-corrected chi connectivity index (χ1v) is 7.26. The highest BCUT2D eigenvalue weighted by molar-refractivity contribution is 5.99. The Morgan fingerprint density at radius 3 is 2.45 bits per heavy atom. The zero-order valence-electron chi connectivity index (χ0n) is 12.3. The molecular formula is C17H19N3O2. The highest BCUT2D eigenvalue weighted by Crippen LogP contribution is 2.10. The number of pyridine rings is 1. The standard InChI is InChI=1S/C17H19N3O2/c21-17(22)12-5-4-11-16(15-10-6-7-13-18-15)20-19-14-8-2-1-3-9-14/h1-3,6-10,13,19H,4-5,11-12H2,(H,21,22)/b20-16+. The Hall–Kier alpha value is -2.69. The van der Waals surface area contributed by atoms with Crippen LogP contribution in [0.1, 0.15) is 31.4 Å². The number of aliphatic carboxylic acids is 1. The smallest absolute Gasteiger partial charge is 0.303 e. The van der Waals surface area contributed by atoms with E-state index in [1.165, 1.54) is 0 Å². The monoisotopic (exact) mass is 297 g/mol. The van der Waals surface area contributed by atoms with Crippen LogP contribution in [0.2, 0.25) is 0 Å². The third-order valence-electron chi connectivity index (χ3n) is 3.11. The van der Waals surface area contributed by atoms with Crippen molar-refractivity contribution in [2.24, 2.45) is 5.10 Å². The SMILES string of the molecule is O=C(O)CCCC/C(=N\Nc1ccccc1)c1ccccn1. The Morgan fingerprint density at radius 2 is 1.77 bits per heavy atom. The van der Waals surface area contributed by atoms with E-state index in [0.29, 0.717) is 12.8 Å². The van der Waals surface area contributed by atoms with Crippen LogP contribution < -0.4 is 5.43 Å². The summed E-state index contributed by atoms with van der Waals surface area (Å²) in [5.41, 5.74) is 5.56. The maximum atomic E-state index is 10.6. The molecule has 0 spiro atoms. The van der Waals surface area contributed by atoms with E-state index in [1.807, 2.05) is 48.5 Å². The van der Waals surface area contributed by atoms with Crippen LogP contribution in [0.25, 0.3) is 0 Å². The van der Waals surface area contributed by atoms with Gasteiger partial charge < -0.3 is 5.11 Å². The molecule has 0 radical (unpaired) electrons. The third kappa shape index (κ3) is 5.36. The highest BCUT2D eigenvalue weighted by Gasteiger charge is 2.06. The van der Waals surface area contributed by atoms with Crippen molar-refractivity contribution in [3.63, 3.8) is 0 Å². The Morgan fingerprint density at radius 1 is 1.05 bits per heavy atom. The van der Waals surface area contributed by atoms with Crippen molar-refractivity contribution in [3.05, 3.63) is 60.4 Å². The van der Waals surface area contributed by atoms with E-state index in [4.69, 9.17) is 5.11 Å². The predicted molar refractivity (Wildman–Crippen MR) is 86.9 cm³/mol.